The van der Waals surface area contributed by atoms with E-state index in [4.69, 9.17) is 4.74 Å². The van der Waals surface area contributed by atoms with Crippen molar-refractivity contribution >= 4 is 0 Å². The van der Waals surface area contributed by atoms with Gasteiger partial charge in [0.1, 0.15) is 12.4 Å². The first-order valence-electron chi connectivity index (χ1n) is 10.8. The van der Waals surface area contributed by atoms with Gasteiger partial charge < -0.3 is 4.74 Å². The molecule has 0 unspecified atom stereocenters. The summed E-state index contributed by atoms with van der Waals surface area (Å²) in [6, 6.07) is 15.1. The van der Waals surface area contributed by atoms with Gasteiger partial charge in [0.25, 0.3) is 0 Å². The summed E-state index contributed by atoms with van der Waals surface area (Å²) in [5.41, 5.74) is 7.06. The third kappa shape index (κ3) is 4.82. The molecule has 148 valence electrons. The molecular formula is C27H35O+. The van der Waals surface area contributed by atoms with Gasteiger partial charge in [0, 0.05) is 31.7 Å². The molecule has 2 aromatic rings. The van der Waals surface area contributed by atoms with Gasteiger partial charge >= 0.3 is 0 Å². The van der Waals surface area contributed by atoms with Gasteiger partial charge in [0.2, 0.25) is 0 Å². The highest BCUT2D eigenvalue weighted by molar-refractivity contribution is 5.51. The second-order valence-electron chi connectivity index (χ2n) is 8.62. The van der Waals surface area contributed by atoms with Gasteiger partial charge in [-0.15, -0.1) is 0 Å². The second kappa shape index (κ2) is 9.37. The lowest BCUT2D eigenvalue weighted by molar-refractivity contribution is 0.298. The highest BCUT2D eigenvalue weighted by Gasteiger charge is 2.33. The molecule has 2 atom stereocenters. The zero-order valence-corrected chi connectivity index (χ0v) is 18.2. The van der Waals surface area contributed by atoms with E-state index in [2.05, 4.69) is 83.2 Å². The van der Waals surface area contributed by atoms with Gasteiger partial charge in [0.05, 0.1) is 17.6 Å². The maximum absolute atomic E-state index is 6.39. The molecule has 0 heterocycles. The molecule has 0 aliphatic heterocycles. The number of hydrogen-bond donors (Lipinski definition) is 0. The van der Waals surface area contributed by atoms with Crippen LogP contribution in [-0.4, -0.2) is 0 Å². The highest BCUT2D eigenvalue weighted by Crippen LogP contribution is 2.47. The van der Waals surface area contributed by atoms with Crippen LogP contribution in [0.4, 0.5) is 0 Å². The Bertz CT molecular complexity index is 801. The van der Waals surface area contributed by atoms with Gasteiger partial charge in [-0.1, -0.05) is 50.2 Å². The molecule has 0 saturated carbocycles. The van der Waals surface area contributed by atoms with E-state index >= 15 is 0 Å². The van der Waals surface area contributed by atoms with Crippen molar-refractivity contribution in [2.75, 3.05) is 0 Å². The number of fused-ring (bicyclic) bond motifs is 1. The molecule has 0 radical (unpaired) electrons. The van der Waals surface area contributed by atoms with Crippen LogP contribution in [0.3, 0.4) is 0 Å². The Hall–Kier alpha value is -2.15. The summed E-state index contributed by atoms with van der Waals surface area (Å²) in [6.45, 7) is 11.9. The lowest BCUT2D eigenvalue weighted by Gasteiger charge is -2.31. The third-order valence-electron chi connectivity index (χ3n) is 5.77. The minimum atomic E-state index is 0.528. The van der Waals surface area contributed by atoms with E-state index in [1.54, 1.807) is 5.57 Å². The van der Waals surface area contributed by atoms with E-state index in [0.29, 0.717) is 18.4 Å². The van der Waals surface area contributed by atoms with Crippen LogP contribution in [0.5, 0.6) is 5.75 Å². The van der Waals surface area contributed by atoms with Gasteiger partial charge in [-0.2, -0.15) is 0 Å². The summed E-state index contributed by atoms with van der Waals surface area (Å²) in [5.74, 6) is 3.56. The van der Waals surface area contributed by atoms with E-state index < -0.39 is 0 Å². The maximum Gasteiger partial charge on any atom is 0.123 e. The molecule has 1 aliphatic rings. The van der Waals surface area contributed by atoms with Crippen molar-refractivity contribution in [1.29, 1.82) is 0 Å². The third-order valence-corrected chi connectivity index (χ3v) is 5.77. The lowest BCUT2D eigenvalue weighted by Crippen LogP contribution is -2.17. The average Bonchev–Trinajstić information content (AvgIpc) is 2.66. The van der Waals surface area contributed by atoms with Gasteiger partial charge in [-0.05, 0) is 54.9 Å². The Balaban J connectivity index is 1.98. The van der Waals surface area contributed by atoms with Crippen molar-refractivity contribution in [3.8, 4) is 5.75 Å². The maximum atomic E-state index is 6.39. The molecule has 0 fully saturated rings. The van der Waals surface area contributed by atoms with E-state index in [-0.39, 0.29) is 0 Å². The number of ether oxygens (including phenoxy) is 1. The molecule has 1 nitrogen and oxygen atoms in total. The van der Waals surface area contributed by atoms with Crippen LogP contribution < -0.4 is 4.74 Å². The summed E-state index contributed by atoms with van der Waals surface area (Å²) < 4.78 is 6.39. The normalized spacial score (nSPS) is 19.2. The quantitative estimate of drug-likeness (QED) is 0.447. The lowest BCUT2D eigenvalue weighted by atomic mass is 9.72. The fraction of sp³-hybridized carbons (Fsp3) is 0.444. The Labute approximate surface area is 171 Å². The minimum Gasteiger partial charge on any atom is -0.489 e. The monoisotopic (exact) mass is 375 g/mol. The highest BCUT2D eigenvalue weighted by atomic mass is 16.5. The molecule has 2 aromatic carbocycles. The second-order valence-corrected chi connectivity index (χ2v) is 8.62. The van der Waals surface area contributed by atoms with E-state index in [0.717, 1.165) is 5.75 Å². The SMILES string of the molecule is CCC/C(=C\[C+](C)C)[C@H]1CC[C@@H](C)c2c(OCc3ccccc3)cc(C)cc21. The predicted octanol–water partition coefficient (Wildman–Crippen LogP) is 7.90. The summed E-state index contributed by atoms with van der Waals surface area (Å²) in [5, 5.41) is 0. The Kier molecular flexibility index (Phi) is 6.88. The Morgan fingerprint density at radius 1 is 1.14 bits per heavy atom. The van der Waals surface area contributed by atoms with Crippen molar-refractivity contribution in [3.05, 3.63) is 82.3 Å². The van der Waals surface area contributed by atoms with Crippen LogP contribution in [0.15, 0.2) is 54.1 Å². The first kappa shape index (κ1) is 20.6. The number of benzene rings is 2. The molecule has 28 heavy (non-hydrogen) atoms. The topological polar surface area (TPSA) is 9.23 Å². The number of aryl methyl sites for hydroxylation is 1. The van der Waals surface area contributed by atoms with Gasteiger partial charge in [-0.25, -0.2) is 0 Å². The molecular weight excluding hydrogens is 340 g/mol. The molecule has 3 rings (SSSR count). The number of allylic oxidation sites excluding steroid dienone is 2. The average molecular weight is 376 g/mol. The van der Waals surface area contributed by atoms with Crippen LogP contribution >= 0.6 is 0 Å². The number of rotatable bonds is 7. The zero-order valence-electron chi connectivity index (χ0n) is 18.2. The smallest absolute Gasteiger partial charge is 0.123 e. The van der Waals surface area contributed by atoms with Crippen LogP contribution in [0.2, 0.25) is 0 Å². The molecule has 0 spiro atoms. The largest absolute Gasteiger partial charge is 0.489 e. The Morgan fingerprint density at radius 2 is 1.89 bits per heavy atom. The van der Waals surface area contributed by atoms with Crippen LogP contribution in [0.1, 0.15) is 87.5 Å². The molecule has 0 saturated heterocycles. The molecule has 1 heteroatoms. The summed E-state index contributed by atoms with van der Waals surface area (Å²) >= 11 is 0. The summed E-state index contributed by atoms with van der Waals surface area (Å²) in [4.78, 5) is 0. The first-order valence-corrected chi connectivity index (χ1v) is 10.8. The standard InChI is InChI=1S/C27H35O/c1-6-10-23(15-19(2)3)24-14-13-21(5)27-25(24)16-20(4)17-26(27)28-18-22-11-8-7-9-12-22/h7-9,11-12,15-17,21,24H,6,10,13-14,18H2,1-5H3/q+1/b23-15+/t21-,24-/m1/s1. The summed E-state index contributed by atoms with van der Waals surface area (Å²) in [6.07, 6.45) is 7.28. The zero-order chi connectivity index (χ0) is 20.1. The van der Waals surface area contributed by atoms with Crippen molar-refractivity contribution in [2.24, 2.45) is 0 Å². The van der Waals surface area contributed by atoms with Crippen molar-refractivity contribution in [3.63, 3.8) is 0 Å². The van der Waals surface area contributed by atoms with E-state index in [9.17, 15) is 0 Å². The molecule has 0 amide bonds. The molecule has 0 N–H and O–H groups in total. The Morgan fingerprint density at radius 3 is 2.57 bits per heavy atom. The van der Waals surface area contributed by atoms with Crippen LogP contribution in [0, 0.1) is 12.8 Å². The van der Waals surface area contributed by atoms with Crippen LogP contribution in [0.25, 0.3) is 0 Å². The molecule has 1 aliphatic carbocycles. The first-order chi connectivity index (χ1) is 13.5. The fourth-order valence-corrected chi connectivity index (χ4v) is 4.57. The van der Waals surface area contributed by atoms with Crippen molar-refractivity contribution in [2.45, 2.75) is 78.7 Å². The van der Waals surface area contributed by atoms with Gasteiger partial charge in [-0.3, -0.25) is 0 Å². The summed E-state index contributed by atoms with van der Waals surface area (Å²) in [7, 11) is 0. The molecule has 0 aromatic heterocycles. The predicted molar refractivity (Wildman–Crippen MR) is 120 cm³/mol. The van der Waals surface area contributed by atoms with Gasteiger partial charge in [0.15, 0.2) is 0 Å². The molecule has 0 bridgehead atoms. The van der Waals surface area contributed by atoms with E-state index in [1.807, 2.05) is 0 Å². The minimum absolute atomic E-state index is 0.528. The van der Waals surface area contributed by atoms with Crippen molar-refractivity contribution < 1.29 is 4.74 Å². The number of hydrogen-bond acceptors (Lipinski definition) is 1. The fourth-order valence-electron chi connectivity index (χ4n) is 4.57. The van der Waals surface area contributed by atoms with Crippen molar-refractivity contribution in [1.82, 2.24) is 0 Å². The van der Waals surface area contributed by atoms with E-state index in [1.165, 1.54) is 53.9 Å². The van der Waals surface area contributed by atoms with Crippen LogP contribution in [-0.2, 0) is 6.61 Å².